The Hall–Kier alpha value is -2.15. The molecule has 1 aliphatic rings. The average molecular weight is 444 g/mol. The van der Waals surface area contributed by atoms with Crippen LogP contribution in [0.5, 0.6) is 0 Å². The van der Waals surface area contributed by atoms with E-state index in [1.54, 1.807) is 22.7 Å². The van der Waals surface area contributed by atoms with E-state index >= 15 is 0 Å². The summed E-state index contributed by atoms with van der Waals surface area (Å²) in [6.45, 7) is 5.01. The lowest BCUT2D eigenvalue weighted by Crippen LogP contribution is -2.14. The van der Waals surface area contributed by atoms with E-state index in [-0.39, 0.29) is 11.7 Å². The number of thioether (sulfide) groups is 1. The molecule has 1 atom stereocenters. The number of anilines is 1. The third-order valence-electron chi connectivity index (χ3n) is 4.98. The molecule has 0 spiro atoms. The van der Waals surface area contributed by atoms with Crippen molar-refractivity contribution in [3.8, 4) is 16.8 Å². The van der Waals surface area contributed by atoms with Crippen molar-refractivity contribution in [1.29, 1.82) is 5.26 Å². The van der Waals surface area contributed by atoms with E-state index in [4.69, 9.17) is 0 Å². The van der Waals surface area contributed by atoms with Gasteiger partial charge in [-0.2, -0.15) is 5.26 Å². The Morgan fingerprint density at radius 1 is 1.48 bits per heavy atom. The standard InChI is InChI=1S/C20H21N5OS3/c1-3-25-18(15-5-4-8-27-15)23-24-20(25)28-11-17(26)22-19-14(10-21)13-7-6-12(2)9-16(13)29-19/h4-5,8,12H,3,6-7,9,11H2,1-2H3,(H,22,26). The van der Waals surface area contributed by atoms with Gasteiger partial charge in [0.2, 0.25) is 5.91 Å². The van der Waals surface area contributed by atoms with E-state index in [9.17, 15) is 10.1 Å². The number of hydrogen-bond donors (Lipinski definition) is 1. The Balaban J connectivity index is 1.45. The molecule has 4 rings (SSSR count). The molecule has 0 aromatic carbocycles. The van der Waals surface area contributed by atoms with Crippen LogP contribution in [0.25, 0.3) is 10.7 Å². The van der Waals surface area contributed by atoms with E-state index in [0.717, 1.165) is 47.2 Å². The lowest BCUT2D eigenvalue weighted by atomic mass is 9.89. The zero-order valence-electron chi connectivity index (χ0n) is 16.3. The number of thiophene rings is 2. The van der Waals surface area contributed by atoms with Crippen molar-refractivity contribution >= 4 is 45.3 Å². The van der Waals surface area contributed by atoms with Gasteiger partial charge in [0, 0.05) is 11.4 Å². The number of aromatic nitrogens is 3. The highest BCUT2D eigenvalue weighted by atomic mass is 32.2. The molecule has 0 aliphatic heterocycles. The van der Waals surface area contributed by atoms with Gasteiger partial charge in [-0.05, 0) is 49.1 Å². The first-order valence-corrected chi connectivity index (χ1v) is 12.2. The summed E-state index contributed by atoms with van der Waals surface area (Å²) in [6, 6.07) is 6.31. The van der Waals surface area contributed by atoms with Gasteiger partial charge in [-0.15, -0.1) is 32.9 Å². The molecular formula is C20H21N5OS3. The smallest absolute Gasteiger partial charge is 0.235 e. The molecule has 1 aliphatic carbocycles. The SMILES string of the molecule is CCn1c(SCC(=O)Nc2sc3c(c2C#N)CCC(C)C3)nnc1-c1cccs1. The van der Waals surface area contributed by atoms with Crippen molar-refractivity contribution in [2.45, 2.75) is 44.8 Å². The molecule has 6 nitrogen and oxygen atoms in total. The molecule has 1 amide bonds. The summed E-state index contributed by atoms with van der Waals surface area (Å²) in [5.41, 5.74) is 1.77. The summed E-state index contributed by atoms with van der Waals surface area (Å²) >= 11 is 4.55. The van der Waals surface area contributed by atoms with Crippen molar-refractivity contribution in [3.05, 3.63) is 33.5 Å². The predicted molar refractivity (Wildman–Crippen MR) is 119 cm³/mol. The number of amides is 1. The number of nitrogens with zero attached hydrogens (tertiary/aromatic N) is 4. The summed E-state index contributed by atoms with van der Waals surface area (Å²) in [7, 11) is 0. The van der Waals surface area contributed by atoms with Crippen LogP contribution in [0.3, 0.4) is 0 Å². The Morgan fingerprint density at radius 3 is 3.07 bits per heavy atom. The van der Waals surface area contributed by atoms with E-state index < -0.39 is 0 Å². The average Bonchev–Trinajstić information content (AvgIpc) is 3.43. The molecule has 1 N–H and O–H groups in total. The molecule has 3 aromatic heterocycles. The van der Waals surface area contributed by atoms with Crippen molar-refractivity contribution in [2.75, 3.05) is 11.1 Å². The number of rotatable bonds is 6. The van der Waals surface area contributed by atoms with Gasteiger partial charge >= 0.3 is 0 Å². The van der Waals surface area contributed by atoms with Gasteiger partial charge in [0.15, 0.2) is 11.0 Å². The summed E-state index contributed by atoms with van der Waals surface area (Å²) in [6.07, 6.45) is 3.01. The first kappa shape index (κ1) is 20.1. The van der Waals surface area contributed by atoms with Crippen LogP contribution in [0, 0.1) is 17.2 Å². The second-order valence-electron chi connectivity index (χ2n) is 7.03. The van der Waals surface area contributed by atoms with E-state index in [1.165, 1.54) is 16.6 Å². The van der Waals surface area contributed by atoms with Crippen LogP contribution in [-0.4, -0.2) is 26.4 Å². The number of hydrogen-bond acceptors (Lipinski definition) is 7. The van der Waals surface area contributed by atoms with Gasteiger partial charge in [0.05, 0.1) is 16.2 Å². The molecule has 9 heteroatoms. The number of nitrogens with one attached hydrogen (secondary N) is 1. The van der Waals surface area contributed by atoms with Crippen LogP contribution in [0.4, 0.5) is 5.00 Å². The fourth-order valence-corrected chi connectivity index (χ4v) is 6.42. The molecule has 3 heterocycles. The Labute approximate surface area is 182 Å². The molecule has 3 aromatic rings. The van der Waals surface area contributed by atoms with Gasteiger partial charge in [0.25, 0.3) is 0 Å². The van der Waals surface area contributed by atoms with Crippen molar-refractivity contribution in [1.82, 2.24) is 14.8 Å². The summed E-state index contributed by atoms with van der Waals surface area (Å²) in [4.78, 5) is 14.9. The number of nitriles is 1. The van der Waals surface area contributed by atoms with Gasteiger partial charge in [-0.1, -0.05) is 24.8 Å². The van der Waals surface area contributed by atoms with E-state index in [1.807, 2.05) is 29.0 Å². The molecule has 29 heavy (non-hydrogen) atoms. The van der Waals surface area contributed by atoms with Gasteiger partial charge in [-0.25, -0.2) is 0 Å². The molecule has 0 radical (unpaired) electrons. The van der Waals surface area contributed by atoms with E-state index in [2.05, 4.69) is 28.5 Å². The third kappa shape index (κ3) is 4.10. The Bertz CT molecular complexity index is 1060. The van der Waals surface area contributed by atoms with Crippen molar-refractivity contribution < 1.29 is 4.79 Å². The normalized spacial score (nSPS) is 15.7. The first-order valence-electron chi connectivity index (χ1n) is 9.55. The molecular weight excluding hydrogens is 422 g/mol. The first-order chi connectivity index (χ1) is 14.1. The number of fused-ring (bicyclic) bond motifs is 1. The lowest BCUT2D eigenvalue weighted by molar-refractivity contribution is -0.113. The minimum Gasteiger partial charge on any atom is -0.316 e. The summed E-state index contributed by atoms with van der Waals surface area (Å²) < 4.78 is 2.02. The maximum absolute atomic E-state index is 12.6. The van der Waals surface area contributed by atoms with Crippen molar-refractivity contribution in [2.24, 2.45) is 5.92 Å². The topological polar surface area (TPSA) is 83.6 Å². The van der Waals surface area contributed by atoms with E-state index in [0.29, 0.717) is 16.5 Å². The van der Waals surface area contributed by atoms with Crippen LogP contribution in [-0.2, 0) is 24.2 Å². The molecule has 1 unspecified atom stereocenters. The summed E-state index contributed by atoms with van der Waals surface area (Å²) in [5.74, 6) is 1.57. The monoisotopic (exact) mass is 443 g/mol. The highest BCUT2D eigenvalue weighted by Gasteiger charge is 2.25. The lowest BCUT2D eigenvalue weighted by Gasteiger charge is -2.17. The minimum atomic E-state index is -0.124. The van der Waals surface area contributed by atoms with Crippen LogP contribution in [0.1, 0.15) is 36.3 Å². The Kier molecular flexibility index (Phi) is 6.04. The van der Waals surface area contributed by atoms with Crippen LogP contribution < -0.4 is 5.32 Å². The largest absolute Gasteiger partial charge is 0.316 e. The molecule has 0 saturated carbocycles. The molecule has 150 valence electrons. The second-order valence-corrected chi connectivity index (χ2v) is 10.0. The third-order valence-corrected chi connectivity index (χ3v) is 7.99. The molecule has 0 saturated heterocycles. The van der Waals surface area contributed by atoms with Crippen LogP contribution in [0.15, 0.2) is 22.7 Å². The fourth-order valence-electron chi connectivity index (χ4n) is 3.52. The second kappa shape index (κ2) is 8.69. The van der Waals surface area contributed by atoms with Crippen molar-refractivity contribution in [3.63, 3.8) is 0 Å². The maximum atomic E-state index is 12.6. The van der Waals surface area contributed by atoms with Gasteiger partial charge < -0.3 is 9.88 Å². The molecule has 0 fully saturated rings. The number of carbonyl (C=O) groups excluding carboxylic acids is 1. The predicted octanol–water partition coefficient (Wildman–Crippen LogP) is 4.82. The quantitative estimate of drug-likeness (QED) is 0.553. The zero-order chi connectivity index (χ0) is 20.4. The molecule has 0 bridgehead atoms. The maximum Gasteiger partial charge on any atom is 0.235 e. The number of carbonyl (C=O) groups is 1. The van der Waals surface area contributed by atoms with Gasteiger partial charge in [0.1, 0.15) is 11.1 Å². The fraction of sp³-hybridized carbons (Fsp3) is 0.400. The Morgan fingerprint density at radius 2 is 2.34 bits per heavy atom. The summed E-state index contributed by atoms with van der Waals surface area (Å²) in [5, 5.41) is 24.5. The highest BCUT2D eigenvalue weighted by Crippen LogP contribution is 2.39. The minimum absolute atomic E-state index is 0.124. The van der Waals surface area contributed by atoms with Crippen LogP contribution >= 0.6 is 34.4 Å². The highest BCUT2D eigenvalue weighted by molar-refractivity contribution is 7.99. The van der Waals surface area contributed by atoms with Crippen LogP contribution in [0.2, 0.25) is 0 Å². The van der Waals surface area contributed by atoms with Gasteiger partial charge in [-0.3, -0.25) is 4.79 Å². The zero-order valence-corrected chi connectivity index (χ0v) is 18.7.